The van der Waals surface area contributed by atoms with E-state index in [-0.39, 0.29) is 36.8 Å². The molecule has 1 fully saturated rings. The molecule has 4 nitrogen and oxygen atoms in total. The quantitative estimate of drug-likeness (QED) is 0.661. The zero-order valence-electron chi connectivity index (χ0n) is 17.3. The molecular formula is C23H33Cl2N3O. The smallest absolute Gasteiger partial charge is 0.220 e. The van der Waals surface area contributed by atoms with Gasteiger partial charge in [0.25, 0.3) is 0 Å². The molecule has 2 aromatic rings. The Morgan fingerprint density at radius 1 is 1.21 bits per heavy atom. The van der Waals surface area contributed by atoms with Crippen LogP contribution in [0.15, 0.2) is 48.7 Å². The Bertz CT molecular complexity index is 719. The van der Waals surface area contributed by atoms with E-state index in [1.807, 2.05) is 18.2 Å². The summed E-state index contributed by atoms with van der Waals surface area (Å²) in [6, 6.07) is 14.3. The van der Waals surface area contributed by atoms with E-state index in [1.165, 1.54) is 24.0 Å². The second kappa shape index (κ2) is 12.8. The Balaban J connectivity index is 0.00000210. The van der Waals surface area contributed by atoms with E-state index in [0.717, 1.165) is 25.2 Å². The summed E-state index contributed by atoms with van der Waals surface area (Å²) in [5.74, 6) is 1.10. The molecule has 2 N–H and O–H groups in total. The van der Waals surface area contributed by atoms with Crippen LogP contribution in [0, 0.1) is 18.8 Å². The number of amides is 1. The average molecular weight is 438 g/mol. The number of aryl methyl sites for hydroxylation is 1. The molecule has 3 rings (SSSR count). The third-order valence-electron chi connectivity index (χ3n) is 5.59. The molecule has 0 spiro atoms. The molecular weight excluding hydrogens is 405 g/mol. The Morgan fingerprint density at radius 3 is 2.59 bits per heavy atom. The zero-order valence-corrected chi connectivity index (χ0v) is 18.9. The van der Waals surface area contributed by atoms with E-state index >= 15 is 0 Å². The summed E-state index contributed by atoms with van der Waals surface area (Å²) in [5, 5.41) is 6.70. The summed E-state index contributed by atoms with van der Waals surface area (Å²) in [4.78, 5) is 17.3. The largest absolute Gasteiger partial charge is 0.347 e. The monoisotopic (exact) mass is 437 g/mol. The van der Waals surface area contributed by atoms with Gasteiger partial charge in [-0.25, -0.2) is 0 Å². The van der Waals surface area contributed by atoms with E-state index in [4.69, 9.17) is 0 Å². The van der Waals surface area contributed by atoms with Crippen LogP contribution < -0.4 is 10.6 Å². The van der Waals surface area contributed by atoms with Gasteiger partial charge in [-0.2, -0.15) is 0 Å². The van der Waals surface area contributed by atoms with E-state index in [1.54, 1.807) is 6.20 Å². The lowest BCUT2D eigenvalue weighted by Gasteiger charge is -2.28. The van der Waals surface area contributed by atoms with Crippen LogP contribution in [0.1, 0.15) is 49.0 Å². The second-order valence-corrected chi connectivity index (χ2v) is 7.85. The maximum atomic E-state index is 12.8. The van der Waals surface area contributed by atoms with E-state index in [0.29, 0.717) is 18.3 Å². The maximum absolute atomic E-state index is 12.8. The molecule has 1 aliphatic rings. The third kappa shape index (κ3) is 7.96. The average Bonchev–Trinajstić information content (AvgIpc) is 2.70. The molecule has 0 radical (unpaired) electrons. The number of carbonyl (C=O) groups excluding carboxylic acids is 1. The molecule has 0 bridgehead atoms. The molecule has 3 unspecified atom stereocenters. The SMILES string of the molecule is Cc1ccc(CC(NC(=O)CC(C)C2CCCNC2)c2ccccn2)cc1.Cl.Cl. The number of carbonyl (C=O) groups is 1. The highest BCUT2D eigenvalue weighted by molar-refractivity contribution is 5.85. The summed E-state index contributed by atoms with van der Waals surface area (Å²) in [6.07, 6.45) is 5.54. The molecule has 2 heterocycles. The molecule has 1 amide bonds. The lowest BCUT2D eigenvalue weighted by molar-refractivity contribution is -0.123. The fourth-order valence-electron chi connectivity index (χ4n) is 3.85. The number of piperidine rings is 1. The van der Waals surface area contributed by atoms with Crippen molar-refractivity contribution in [2.75, 3.05) is 13.1 Å². The van der Waals surface area contributed by atoms with Crippen LogP contribution in [0.5, 0.6) is 0 Å². The highest BCUT2D eigenvalue weighted by Crippen LogP contribution is 2.23. The first kappa shape index (κ1) is 25.4. The van der Waals surface area contributed by atoms with Gasteiger partial charge in [0.1, 0.15) is 0 Å². The number of nitrogens with one attached hydrogen (secondary N) is 2. The number of hydrogen-bond donors (Lipinski definition) is 2. The second-order valence-electron chi connectivity index (χ2n) is 7.85. The minimum atomic E-state index is -0.0990. The summed E-state index contributed by atoms with van der Waals surface area (Å²) in [6.45, 7) is 6.42. The van der Waals surface area contributed by atoms with Crippen molar-refractivity contribution in [1.82, 2.24) is 15.6 Å². The van der Waals surface area contributed by atoms with Gasteiger partial charge >= 0.3 is 0 Å². The van der Waals surface area contributed by atoms with Gasteiger partial charge in [0, 0.05) is 12.6 Å². The molecule has 1 aliphatic heterocycles. The van der Waals surface area contributed by atoms with Crippen molar-refractivity contribution in [3.05, 3.63) is 65.5 Å². The predicted molar refractivity (Wildman–Crippen MR) is 124 cm³/mol. The van der Waals surface area contributed by atoms with Gasteiger partial charge in [0.2, 0.25) is 5.91 Å². The van der Waals surface area contributed by atoms with Crippen LogP contribution in [-0.2, 0) is 11.2 Å². The van der Waals surface area contributed by atoms with Crippen molar-refractivity contribution >= 4 is 30.7 Å². The number of aromatic nitrogens is 1. The van der Waals surface area contributed by atoms with Gasteiger partial charge in [-0.3, -0.25) is 9.78 Å². The van der Waals surface area contributed by atoms with E-state index in [9.17, 15) is 4.79 Å². The van der Waals surface area contributed by atoms with Crippen molar-refractivity contribution in [3.63, 3.8) is 0 Å². The molecule has 1 saturated heterocycles. The number of benzene rings is 1. The normalized spacial score (nSPS) is 17.9. The van der Waals surface area contributed by atoms with Crippen molar-refractivity contribution in [2.45, 2.75) is 45.6 Å². The summed E-state index contributed by atoms with van der Waals surface area (Å²) in [7, 11) is 0. The topological polar surface area (TPSA) is 54.0 Å². The van der Waals surface area contributed by atoms with Crippen LogP contribution >= 0.6 is 24.8 Å². The summed E-state index contributed by atoms with van der Waals surface area (Å²) >= 11 is 0. The Kier molecular flexibility index (Phi) is 11.3. The van der Waals surface area contributed by atoms with Crippen LogP contribution in [0.25, 0.3) is 0 Å². The first-order valence-electron chi connectivity index (χ1n) is 10.1. The number of halogens is 2. The highest BCUT2D eigenvalue weighted by Gasteiger charge is 2.24. The Labute approximate surface area is 187 Å². The summed E-state index contributed by atoms with van der Waals surface area (Å²) in [5.41, 5.74) is 3.37. The van der Waals surface area contributed by atoms with Crippen LogP contribution in [0.2, 0.25) is 0 Å². The third-order valence-corrected chi connectivity index (χ3v) is 5.59. The van der Waals surface area contributed by atoms with Crippen LogP contribution in [0.3, 0.4) is 0 Å². The molecule has 6 heteroatoms. The Hall–Kier alpha value is -1.62. The van der Waals surface area contributed by atoms with Crippen LogP contribution in [0.4, 0.5) is 0 Å². The predicted octanol–water partition coefficient (Wildman–Crippen LogP) is 4.66. The molecule has 160 valence electrons. The van der Waals surface area contributed by atoms with Gasteiger partial charge < -0.3 is 10.6 Å². The number of nitrogens with zero attached hydrogens (tertiary/aromatic N) is 1. The van der Waals surface area contributed by atoms with Gasteiger partial charge in [0.05, 0.1) is 11.7 Å². The van der Waals surface area contributed by atoms with Crippen LogP contribution in [-0.4, -0.2) is 24.0 Å². The Morgan fingerprint density at radius 2 is 1.97 bits per heavy atom. The molecule has 0 saturated carbocycles. The van der Waals surface area contributed by atoms with Gasteiger partial charge in [-0.1, -0.05) is 42.8 Å². The van der Waals surface area contributed by atoms with Crippen molar-refractivity contribution in [2.24, 2.45) is 11.8 Å². The fourth-order valence-corrected chi connectivity index (χ4v) is 3.85. The highest BCUT2D eigenvalue weighted by atomic mass is 35.5. The number of pyridine rings is 1. The molecule has 1 aromatic carbocycles. The van der Waals surface area contributed by atoms with Crippen molar-refractivity contribution in [3.8, 4) is 0 Å². The minimum absolute atomic E-state index is 0. The summed E-state index contributed by atoms with van der Waals surface area (Å²) < 4.78 is 0. The molecule has 29 heavy (non-hydrogen) atoms. The lowest BCUT2D eigenvalue weighted by Crippen LogP contribution is -2.37. The minimum Gasteiger partial charge on any atom is -0.347 e. The van der Waals surface area contributed by atoms with E-state index < -0.39 is 0 Å². The van der Waals surface area contributed by atoms with Gasteiger partial charge in [0.15, 0.2) is 0 Å². The lowest BCUT2D eigenvalue weighted by atomic mass is 9.85. The number of rotatable bonds is 7. The standard InChI is InChI=1S/C23H31N3O.2ClH/c1-17-8-10-19(11-9-17)15-22(21-7-3-4-13-25-21)26-23(27)14-18(2)20-6-5-12-24-16-20;;/h3-4,7-11,13,18,20,22,24H,5-6,12,14-16H2,1-2H3,(H,26,27);2*1H. The zero-order chi connectivity index (χ0) is 19.1. The van der Waals surface area contributed by atoms with Crippen molar-refractivity contribution in [1.29, 1.82) is 0 Å². The number of hydrogen-bond acceptors (Lipinski definition) is 3. The molecule has 0 aliphatic carbocycles. The van der Waals surface area contributed by atoms with Gasteiger partial charge in [-0.15, -0.1) is 24.8 Å². The first-order chi connectivity index (χ1) is 13.1. The van der Waals surface area contributed by atoms with Crippen molar-refractivity contribution < 1.29 is 4.79 Å². The maximum Gasteiger partial charge on any atom is 0.220 e. The van der Waals surface area contributed by atoms with Gasteiger partial charge in [-0.05, 0) is 68.8 Å². The first-order valence-corrected chi connectivity index (χ1v) is 10.1. The molecule has 1 aromatic heterocycles. The molecule has 3 atom stereocenters. The van der Waals surface area contributed by atoms with E-state index in [2.05, 4.69) is 53.7 Å². The fraction of sp³-hybridized carbons (Fsp3) is 0.478.